The number of rotatable bonds is 3. The summed E-state index contributed by atoms with van der Waals surface area (Å²) in [6.07, 6.45) is 5.99. The fourth-order valence-corrected chi connectivity index (χ4v) is 2.19. The van der Waals surface area contributed by atoms with Crippen LogP contribution in [0, 0.1) is 5.41 Å². The molecule has 17 heavy (non-hydrogen) atoms. The molecule has 1 unspecified atom stereocenters. The third-order valence-electron chi connectivity index (χ3n) is 3.33. The van der Waals surface area contributed by atoms with Crippen LogP contribution < -0.4 is 10.6 Å². The third kappa shape index (κ3) is 4.94. The molecule has 0 aromatic carbocycles. The molecular formula is C12H21ClN2O2. The van der Waals surface area contributed by atoms with Crippen LogP contribution in [0.3, 0.4) is 0 Å². The van der Waals surface area contributed by atoms with Crippen molar-refractivity contribution < 1.29 is 9.59 Å². The molecule has 3 amide bonds. The second kappa shape index (κ2) is 6.24. The van der Waals surface area contributed by atoms with Gasteiger partial charge in [0.15, 0.2) is 0 Å². The fourth-order valence-electron chi connectivity index (χ4n) is 2.13. The number of halogens is 1. The first-order chi connectivity index (χ1) is 7.93. The second-order valence-electron chi connectivity index (χ2n) is 5.16. The zero-order chi connectivity index (χ0) is 12.9. The molecule has 0 bridgehead atoms. The van der Waals surface area contributed by atoms with E-state index in [9.17, 15) is 9.59 Å². The molecule has 1 atom stereocenters. The van der Waals surface area contributed by atoms with Crippen LogP contribution in [0.25, 0.3) is 0 Å². The monoisotopic (exact) mass is 260 g/mol. The van der Waals surface area contributed by atoms with Crippen molar-refractivity contribution in [3.05, 3.63) is 0 Å². The first kappa shape index (κ1) is 14.3. The van der Waals surface area contributed by atoms with E-state index >= 15 is 0 Å². The maximum Gasteiger partial charge on any atom is 0.321 e. The zero-order valence-corrected chi connectivity index (χ0v) is 11.3. The smallest absolute Gasteiger partial charge is 0.321 e. The first-order valence-corrected chi connectivity index (χ1v) is 6.59. The van der Waals surface area contributed by atoms with E-state index in [1.165, 1.54) is 26.2 Å². The van der Waals surface area contributed by atoms with Gasteiger partial charge >= 0.3 is 6.03 Å². The molecule has 1 aliphatic rings. The molecule has 1 aliphatic carbocycles. The molecule has 0 saturated heterocycles. The van der Waals surface area contributed by atoms with Gasteiger partial charge in [-0.3, -0.25) is 10.1 Å². The summed E-state index contributed by atoms with van der Waals surface area (Å²) in [5.74, 6) is -0.460. The van der Waals surface area contributed by atoms with Gasteiger partial charge in [-0.1, -0.05) is 26.2 Å². The third-order valence-corrected chi connectivity index (χ3v) is 3.53. The van der Waals surface area contributed by atoms with Gasteiger partial charge in [0.05, 0.1) is 0 Å². The molecule has 0 spiro atoms. The quantitative estimate of drug-likeness (QED) is 0.766. The molecule has 0 aromatic rings. The van der Waals surface area contributed by atoms with Gasteiger partial charge in [0, 0.05) is 6.54 Å². The zero-order valence-electron chi connectivity index (χ0n) is 10.5. The highest BCUT2D eigenvalue weighted by Crippen LogP contribution is 2.34. The van der Waals surface area contributed by atoms with Crippen LogP contribution in [0.15, 0.2) is 0 Å². The Bertz CT molecular complexity index is 286. The van der Waals surface area contributed by atoms with Crippen molar-refractivity contribution in [2.45, 2.75) is 51.3 Å². The molecule has 5 heteroatoms. The molecule has 0 heterocycles. The maximum absolute atomic E-state index is 11.4. The average molecular weight is 261 g/mol. The molecular weight excluding hydrogens is 240 g/mol. The highest BCUT2D eigenvalue weighted by molar-refractivity contribution is 6.31. The number of carbonyl (C=O) groups excluding carboxylic acids is 2. The second-order valence-corrected chi connectivity index (χ2v) is 5.81. The molecule has 1 saturated carbocycles. The average Bonchev–Trinajstić information content (AvgIpc) is 2.27. The Morgan fingerprint density at radius 2 is 1.88 bits per heavy atom. The summed E-state index contributed by atoms with van der Waals surface area (Å²) in [5, 5.41) is 4.28. The number of alkyl halides is 1. The van der Waals surface area contributed by atoms with E-state index in [0.717, 1.165) is 12.8 Å². The largest absolute Gasteiger partial charge is 0.337 e. The van der Waals surface area contributed by atoms with Crippen molar-refractivity contribution in [2.75, 3.05) is 6.54 Å². The maximum atomic E-state index is 11.4. The molecule has 0 aromatic heterocycles. The number of urea groups is 1. The van der Waals surface area contributed by atoms with Crippen LogP contribution >= 0.6 is 11.6 Å². The lowest BCUT2D eigenvalue weighted by Gasteiger charge is -2.33. The van der Waals surface area contributed by atoms with Crippen molar-refractivity contribution in [2.24, 2.45) is 5.41 Å². The summed E-state index contributed by atoms with van der Waals surface area (Å²) < 4.78 is 0. The Hall–Kier alpha value is -0.770. The summed E-state index contributed by atoms with van der Waals surface area (Å²) in [4.78, 5) is 22.6. The molecule has 0 radical (unpaired) electrons. The highest BCUT2D eigenvalue weighted by Gasteiger charge is 2.27. The van der Waals surface area contributed by atoms with Crippen LogP contribution in [0.1, 0.15) is 46.0 Å². The minimum atomic E-state index is -0.689. The lowest BCUT2D eigenvalue weighted by atomic mass is 9.76. The Labute approximate surface area is 107 Å². The van der Waals surface area contributed by atoms with Gasteiger partial charge in [-0.25, -0.2) is 4.79 Å². The van der Waals surface area contributed by atoms with Crippen molar-refractivity contribution >= 4 is 23.5 Å². The van der Waals surface area contributed by atoms with Crippen molar-refractivity contribution in [3.63, 3.8) is 0 Å². The fraction of sp³-hybridized carbons (Fsp3) is 0.833. The van der Waals surface area contributed by atoms with Gasteiger partial charge in [0.2, 0.25) is 5.91 Å². The van der Waals surface area contributed by atoms with E-state index in [2.05, 4.69) is 17.6 Å². The standard InChI is InChI=1S/C12H21ClN2O2/c1-9(13)10(16)15-11(17)14-8-12(2)6-4-3-5-7-12/h9H,3-8H2,1-2H3,(H2,14,15,16,17). The van der Waals surface area contributed by atoms with Crippen LogP contribution in [-0.4, -0.2) is 23.9 Å². The van der Waals surface area contributed by atoms with Gasteiger partial charge in [-0.15, -0.1) is 11.6 Å². The van der Waals surface area contributed by atoms with Crippen molar-refractivity contribution in [1.82, 2.24) is 10.6 Å². The summed E-state index contributed by atoms with van der Waals surface area (Å²) in [6.45, 7) is 4.33. The lowest BCUT2D eigenvalue weighted by molar-refractivity contribution is -0.119. The Kier molecular flexibility index (Phi) is 5.25. The van der Waals surface area contributed by atoms with Gasteiger partial charge < -0.3 is 5.32 Å². The summed E-state index contributed by atoms with van der Waals surface area (Å²) in [7, 11) is 0. The number of amides is 3. The Morgan fingerprint density at radius 1 is 1.29 bits per heavy atom. The summed E-state index contributed by atoms with van der Waals surface area (Å²) >= 11 is 5.56. The summed E-state index contributed by atoms with van der Waals surface area (Å²) in [5.41, 5.74) is 0.172. The Balaban J connectivity index is 2.30. The predicted molar refractivity (Wildman–Crippen MR) is 68.0 cm³/mol. The molecule has 1 fully saturated rings. The minimum Gasteiger partial charge on any atom is -0.337 e. The molecule has 0 aliphatic heterocycles. The highest BCUT2D eigenvalue weighted by atomic mass is 35.5. The lowest BCUT2D eigenvalue weighted by Crippen LogP contribution is -2.46. The molecule has 4 nitrogen and oxygen atoms in total. The normalized spacial score (nSPS) is 20.4. The van der Waals surface area contributed by atoms with E-state index in [4.69, 9.17) is 11.6 Å². The van der Waals surface area contributed by atoms with Gasteiger partial charge in [-0.05, 0) is 25.2 Å². The predicted octanol–water partition coefficient (Wildman–Crippen LogP) is 2.41. The van der Waals surface area contributed by atoms with Crippen LogP contribution in [0.2, 0.25) is 0 Å². The number of imide groups is 1. The van der Waals surface area contributed by atoms with Crippen molar-refractivity contribution in [1.29, 1.82) is 0 Å². The van der Waals surface area contributed by atoms with E-state index in [0.29, 0.717) is 6.54 Å². The molecule has 98 valence electrons. The topological polar surface area (TPSA) is 58.2 Å². The van der Waals surface area contributed by atoms with E-state index in [1.807, 2.05) is 0 Å². The van der Waals surface area contributed by atoms with E-state index in [-0.39, 0.29) is 5.41 Å². The van der Waals surface area contributed by atoms with Gasteiger partial charge in [0.1, 0.15) is 5.38 Å². The number of hydrogen-bond donors (Lipinski definition) is 2. The van der Waals surface area contributed by atoms with Crippen LogP contribution in [0.4, 0.5) is 4.79 Å². The van der Waals surface area contributed by atoms with Crippen molar-refractivity contribution in [3.8, 4) is 0 Å². The first-order valence-electron chi connectivity index (χ1n) is 6.16. The molecule has 2 N–H and O–H groups in total. The van der Waals surface area contributed by atoms with Gasteiger partial charge in [0.25, 0.3) is 0 Å². The minimum absolute atomic E-state index is 0.172. The number of nitrogens with one attached hydrogen (secondary N) is 2. The van der Waals surface area contributed by atoms with Crippen LogP contribution in [-0.2, 0) is 4.79 Å². The van der Waals surface area contributed by atoms with Gasteiger partial charge in [-0.2, -0.15) is 0 Å². The molecule has 1 rings (SSSR count). The number of carbonyl (C=O) groups is 2. The Morgan fingerprint density at radius 3 is 2.41 bits per heavy atom. The van der Waals surface area contributed by atoms with Crippen LogP contribution in [0.5, 0.6) is 0 Å². The summed E-state index contributed by atoms with van der Waals surface area (Å²) in [6, 6.07) is -0.450. The SMILES string of the molecule is CC(Cl)C(=O)NC(=O)NCC1(C)CCCCC1. The van der Waals surface area contributed by atoms with E-state index < -0.39 is 17.3 Å². The van der Waals surface area contributed by atoms with E-state index in [1.54, 1.807) is 0 Å². The number of hydrogen-bond acceptors (Lipinski definition) is 2.